The molecule has 3 aromatic carbocycles. The van der Waals surface area contributed by atoms with E-state index in [9.17, 15) is 9.59 Å². The molecular weight excluding hydrogens is 366 g/mol. The molecule has 118 valence electrons. The van der Waals surface area contributed by atoms with Gasteiger partial charge in [0, 0.05) is 10.0 Å². The summed E-state index contributed by atoms with van der Waals surface area (Å²) in [6.07, 6.45) is 0.263. The lowest BCUT2D eigenvalue weighted by Crippen LogP contribution is -2.41. The van der Waals surface area contributed by atoms with E-state index in [1.54, 1.807) is 6.07 Å². The molecule has 0 N–H and O–H groups in total. The second-order valence-electron chi connectivity index (χ2n) is 5.90. The third kappa shape index (κ3) is 2.53. The number of fused-ring (bicyclic) bond motifs is 2. The van der Waals surface area contributed by atoms with Crippen molar-refractivity contribution in [3.05, 3.63) is 81.8 Å². The Labute approximate surface area is 148 Å². The number of imide groups is 1. The van der Waals surface area contributed by atoms with Crippen molar-refractivity contribution in [3.8, 4) is 0 Å². The van der Waals surface area contributed by atoms with Gasteiger partial charge in [0.15, 0.2) is 0 Å². The van der Waals surface area contributed by atoms with Crippen LogP contribution in [0.15, 0.2) is 65.1 Å². The first-order valence-electron chi connectivity index (χ1n) is 7.73. The minimum absolute atomic E-state index is 0.150. The minimum Gasteiger partial charge on any atom is -0.274 e. The number of carbonyl (C=O) groups excluding carboxylic acids is 2. The van der Waals surface area contributed by atoms with Crippen LogP contribution >= 0.6 is 15.9 Å². The Morgan fingerprint density at radius 2 is 1.75 bits per heavy atom. The van der Waals surface area contributed by atoms with Crippen molar-refractivity contribution in [2.45, 2.75) is 13.0 Å². The van der Waals surface area contributed by atoms with Crippen LogP contribution in [0.2, 0.25) is 0 Å². The lowest BCUT2D eigenvalue weighted by molar-refractivity contribution is -0.128. The van der Waals surface area contributed by atoms with E-state index in [2.05, 4.69) is 15.9 Å². The summed E-state index contributed by atoms with van der Waals surface area (Å²) in [5.41, 5.74) is 2.37. The molecule has 0 fully saturated rings. The van der Waals surface area contributed by atoms with Crippen LogP contribution in [0, 0.1) is 0 Å². The largest absolute Gasteiger partial charge is 0.274 e. The Morgan fingerprint density at radius 3 is 2.62 bits per heavy atom. The predicted molar refractivity (Wildman–Crippen MR) is 96.7 cm³/mol. The van der Waals surface area contributed by atoms with Crippen LogP contribution in [-0.2, 0) is 17.8 Å². The van der Waals surface area contributed by atoms with Gasteiger partial charge in [-0.2, -0.15) is 0 Å². The summed E-state index contributed by atoms with van der Waals surface area (Å²) in [6, 6.07) is 19.5. The summed E-state index contributed by atoms with van der Waals surface area (Å²) in [5, 5.41) is 2.18. The Kier molecular flexibility index (Phi) is 3.69. The lowest BCUT2D eigenvalue weighted by Gasteiger charge is -2.27. The normalized spacial score (nSPS) is 14.1. The zero-order valence-corrected chi connectivity index (χ0v) is 14.4. The minimum atomic E-state index is -0.226. The van der Waals surface area contributed by atoms with Crippen molar-refractivity contribution < 1.29 is 9.59 Å². The molecule has 0 saturated carbocycles. The molecule has 1 aliphatic heterocycles. The molecule has 0 spiro atoms. The number of rotatable bonds is 2. The Hall–Kier alpha value is -2.46. The summed E-state index contributed by atoms with van der Waals surface area (Å²) in [6.45, 7) is 0.297. The zero-order chi connectivity index (χ0) is 16.7. The third-order valence-corrected chi connectivity index (χ3v) is 4.89. The van der Waals surface area contributed by atoms with Gasteiger partial charge in [-0.1, -0.05) is 64.5 Å². The van der Waals surface area contributed by atoms with Crippen LogP contribution in [-0.4, -0.2) is 16.7 Å². The van der Waals surface area contributed by atoms with Crippen molar-refractivity contribution in [3.63, 3.8) is 0 Å². The van der Waals surface area contributed by atoms with Crippen LogP contribution in [0.3, 0.4) is 0 Å². The second kappa shape index (κ2) is 5.87. The van der Waals surface area contributed by atoms with Gasteiger partial charge in [-0.05, 0) is 34.0 Å². The van der Waals surface area contributed by atoms with Crippen molar-refractivity contribution in [1.29, 1.82) is 0 Å². The van der Waals surface area contributed by atoms with E-state index in [0.29, 0.717) is 12.1 Å². The van der Waals surface area contributed by atoms with Gasteiger partial charge in [-0.15, -0.1) is 0 Å². The Balaban J connectivity index is 1.74. The number of halogens is 1. The fourth-order valence-corrected chi connectivity index (χ4v) is 3.54. The highest BCUT2D eigenvalue weighted by Gasteiger charge is 2.31. The highest BCUT2D eigenvalue weighted by molar-refractivity contribution is 9.10. The quantitative estimate of drug-likeness (QED) is 0.621. The first-order valence-corrected chi connectivity index (χ1v) is 8.52. The zero-order valence-electron chi connectivity index (χ0n) is 12.8. The van der Waals surface area contributed by atoms with E-state index < -0.39 is 0 Å². The molecular formula is C20H14BrNO2. The van der Waals surface area contributed by atoms with E-state index in [-0.39, 0.29) is 18.2 Å². The van der Waals surface area contributed by atoms with Gasteiger partial charge < -0.3 is 0 Å². The van der Waals surface area contributed by atoms with Crippen molar-refractivity contribution in [2.24, 2.45) is 0 Å². The summed E-state index contributed by atoms with van der Waals surface area (Å²) in [5.74, 6) is -0.377. The molecule has 2 amide bonds. The number of hydrogen-bond donors (Lipinski definition) is 0. The summed E-state index contributed by atoms with van der Waals surface area (Å²) < 4.78 is 0.842. The molecule has 4 heteroatoms. The fourth-order valence-electron chi connectivity index (χ4n) is 3.18. The Bertz CT molecular complexity index is 975. The Morgan fingerprint density at radius 1 is 0.958 bits per heavy atom. The molecule has 0 aromatic heterocycles. The predicted octanol–water partition coefficient (Wildman–Crippen LogP) is 4.33. The van der Waals surface area contributed by atoms with E-state index >= 15 is 0 Å². The van der Waals surface area contributed by atoms with Gasteiger partial charge >= 0.3 is 0 Å². The maximum absolute atomic E-state index is 12.8. The maximum atomic E-state index is 12.8. The molecule has 0 bridgehead atoms. The lowest BCUT2D eigenvalue weighted by atomic mass is 9.97. The number of carbonyl (C=O) groups is 2. The average molecular weight is 380 g/mol. The van der Waals surface area contributed by atoms with Gasteiger partial charge in [0.2, 0.25) is 5.91 Å². The number of benzene rings is 3. The number of nitrogens with zero attached hydrogens (tertiary/aromatic N) is 1. The highest BCUT2D eigenvalue weighted by Crippen LogP contribution is 2.26. The molecule has 0 unspecified atom stereocenters. The van der Waals surface area contributed by atoms with Crippen LogP contribution < -0.4 is 0 Å². The van der Waals surface area contributed by atoms with E-state index in [4.69, 9.17) is 0 Å². The summed E-state index contributed by atoms with van der Waals surface area (Å²) >= 11 is 3.40. The molecule has 0 aliphatic carbocycles. The molecule has 1 aliphatic rings. The van der Waals surface area contributed by atoms with Gasteiger partial charge in [-0.25, -0.2) is 0 Å². The van der Waals surface area contributed by atoms with E-state index in [0.717, 1.165) is 26.4 Å². The number of hydrogen-bond acceptors (Lipinski definition) is 2. The van der Waals surface area contributed by atoms with Gasteiger partial charge in [0.25, 0.3) is 5.91 Å². The molecule has 4 rings (SSSR count). The van der Waals surface area contributed by atoms with E-state index in [1.807, 2.05) is 54.6 Å². The van der Waals surface area contributed by atoms with Crippen LogP contribution in [0.4, 0.5) is 0 Å². The topological polar surface area (TPSA) is 37.4 Å². The van der Waals surface area contributed by atoms with Gasteiger partial charge in [0.05, 0.1) is 13.0 Å². The standard InChI is InChI=1S/C20H14BrNO2/c21-16-9-8-14-10-19(23)22(20(24)18(14)11-16)12-15-6-3-5-13-4-1-2-7-17(13)15/h1-9,11H,10,12H2. The smallest absolute Gasteiger partial charge is 0.261 e. The highest BCUT2D eigenvalue weighted by atomic mass is 79.9. The van der Waals surface area contributed by atoms with Crippen LogP contribution in [0.5, 0.6) is 0 Å². The van der Waals surface area contributed by atoms with Gasteiger partial charge in [0.1, 0.15) is 0 Å². The van der Waals surface area contributed by atoms with Crippen molar-refractivity contribution in [2.75, 3.05) is 0 Å². The van der Waals surface area contributed by atoms with Gasteiger partial charge in [-0.3, -0.25) is 14.5 Å². The summed E-state index contributed by atoms with van der Waals surface area (Å²) in [7, 11) is 0. The van der Waals surface area contributed by atoms with Crippen molar-refractivity contribution >= 4 is 38.5 Å². The average Bonchev–Trinajstić information content (AvgIpc) is 2.59. The molecule has 24 heavy (non-hydrogen) atoms. The third-order valence-electron chi connectivity index (χ3n) is 4.40. The monoisotopic (exact) mass is 379 g/mol. The molecule has 0 radical (unpaired) electrons. The molecule has 1 heterocycles. The first kappa shape index (κ1) is 15.1. The maximum Gasteiger partial charge on any atom is 0.261 e. The molecule has 0 saturated heterocycles. The van der Waals surface area contributed by atoms with Crippen molar-refractivity contribution in [1.82, 2.24) is 4.90 Å². The summed E-state index contributed by atoms with van der Waals surface area (Å²) in [4.78, 5) is 26.6. The van der Waals surface area contributed by atoms with Crippen LogP contribution in [0.1, 0.15) is 21.5 Å². The second-order valence-corrected chi connectivity index (χ2v) is 6.82. The SMILES string of the molecule is O=C1Cc2ccc(Br)cc2C(=O)N1Cc1cccc2ccccc12. The fraction of sp³-hybridized carbons (Fsp3) is 0.100. The molecule has 0 atom stereocenters. The van der Waals surface area contributed by atoms with Crippen LogP contribution in [0.25, 0.3) is 10.8 Å². The molecule has 3 aromatic rings. The number of amides is 2. The van der Waals surface area contributed by atoms with E-state index in [1.165, 1.54) is 4.90 Å². The molecule has 3 nitrogen and oxygen atoms in total. The first-order chi connectivity index (χ1) is 11.6.